The zero-order chi connectivity index (χ0) is 10.2. The van der Waals surface area contributed by atoms with Crippen LogP contribution in [0.15, 0.2) is 24.3 Å². The van der Waals surface area contributed by atoms with Crippen LogP contribution in [0.3, 0.4) is 0 Å². The van der Waals surface area contributed by atoms with E-state index in [1.54, 1.807) is 7.11 Å². The van der Waals surface area contributed by atoms with Crippen molar-refractivity contribution in [3.63, 3.8) is 0 Å². The van der Waals surface area contributed by atoms with Crippen LogP contribution in [0.1, 0.15) is 18.9 Å². The minimum atomic E-state index is 0. The summed E-state index contributed by atoms with van der Waals surface area (Å²) < 4.78 is 5.11. The number of benzene rings is 1. The van der Waals surface area contributed by atoms with E-state index < -0.39 is 0 Å². The first-order valence-electron chi connectivity index (χ1n) is 5.02. The molecule has 2 rings (SSSR count). The lowest BCUT2D eigenvalue weighted by molar-refractivity contribution is 0.414. The Kier molecular flexibility index (Phi) is 3.63. The largest absolute Gasteiger partial charge is 0.497 e. The molecular formula is C12H18ClNO. The Morgan fingerprint density at radius 3 is 2.33 bits per heavy atom. The molecule has 2 nitrogen and oxygen atoms in total. The van der Waals surface area contributed by atoms with Crippen LogP contribution in [0, 0.1) is 5.41 Å². The van der Waals surface area contributed by atoms with Gasteiger partial charge in [0.25, 0.3) is 0 Å². The maximum atomic E-state index is 5.88. The van der Waals surface area contributed by atoms with Gasteiger partial charge >= 0.3 is 0 Å². The molecule has 0 heterocycles. The number of hydrogen-bond donors (Lipinski definition) is 1. The van der Waals surface area contributed by atoms with Crippen LogP contribution in [-0.4, -0.2) is 13.2 Å². The zero-order valence-corrected chi connectivity index (χ0v) is 10.0. The van der Waals surface area contributed by atoms with Gasteiger partial charge in [0.2, 0.25) is 0 Å². The van der Waals surface area contributed by atoms with E-state index in [1.807, 2.05) is 12.1 Å². The Morgan fingerprint density at radius 1 is 1.40 bits per heavy atom. The summed E-state index contributed by atoms with van der Waals surface area (Å²) in [5.74, 6) is 0.916. The fourth-order valence-electron chi connectivity index (χ4n) is 1.86. The standard InChI is InChI=1S/C12H17NO.ClH/c1-12(8-11(12)13)7-9-3-5-10(14-2)6-4-9;/h3-6,11H,7-8,13H2,1-2H3;1H. The van der Waals surface area contributed by atoms with Crippen LogP contribution >= 0.6 is 12.4 Å². The summed E-state index contributed by atoms with van der Waals surface area (Å²) in [5.41, 5.74) is 7.57. The molecule has 0 radical (unpaired) electrons. The second kappa shape index (κ2) is 4.42. The number of rotatable bonds is 3. The van der Waals surface area contributed by atoms with Gasteiger partial charge < -0.3 is 10.5 Å². The van der Waals surface area contributed by atoms with Gasteiger partial charge in [-0.1, -0.05) is 19.1 Å². The molecule has 1 aromatic rings. The average Bonchev–Trinajstić information content (AvgIpc) is 2.75. The molecule has 0 bridgehead atoms. The Labute approximate surface area is 97.2 Å². The molecule has 0 amide bonds. The molecule has 2 unspecified atom stereocenters. The first kappa shape index (κ1) is 12.3. The topological polar surface area (TPSA) is 35.2 Å². The molecular weight excluding hydrogens is 210 g/mol. The number of halogens is 1. The average molecular weight is 228 g/mol. The van der Waals surface area contributed by atoms with Gasteiger partial charge in [0.15, 0.2) is 0 Å². The summed E-state index contributed by atoms with van der Waals surface area (Å²) in [6.45, 7) is 2.25. The summed E-state index contributed by atoms with van der Waals surface area (Å²) >= 11 is 0. The fourth-order valence-corrected chi connectivity index (χ4v) is 1.86. The lowest BCUT2D eigenvalue weighted by atomic mass is 9.98. The van der Waals surface area contributed by atoms with Gasteiger partial charge in [-0.2, -0.15) is 0 Å². The van der Waals surface area contributed by atoms with Crippen molar-refractivity contribution >= 4 is 12.4 Å². The maximum absolute atomic E-state index is 5.88. The fraction of sp³-hybridized carbons (Fsp3) is 0.500. The molecule has 1 fully saturated rings. The third-order valence-corrected chi connectivity index (χ3v) is 3.19. The molecule has 15 heavy (non-hydrogen) atoms. The van der Waals surface area contributed by atoms with Gasteiger partial charge in [-0.05, 0) is 36.0 Å². The summed E-state index contributed by atoms with van der Waals surface area (Å²) in [6, 6.07) is 8.65. The number of hydrogen-bond acceptors (Lipinski definition) is 2. The number of ether oxygens (including phenoxy) is 1. The monoisotopic (exact) mass is 227 g/mol. The smallest absolute Gasteiger partial charge is 0.118 e. The first-order chi connectivity index (χ1) is 6.64. The molecule has 1 aliphatic carbocycles. The zero-order valence-electron chi connectivity index (χ0n) is 9.19. The predicted octanol–water partition coefficient (Wildman–Crippen LogP) is 2.40. The molecule has 2 N–H and O–H groups in total. The first-order valence-corrected chi connectivity index (χ1v) is 5.02. The van der Waals surface area contributed by atoms with E-state index in [4.69, 9.17) is 10.5 Å². The molecule has 0 aromatic heterocycles. The van der Waals surface area contributed by atoms with Gasteiger partial charge in [0.1, 0.15) is 5.75 Å². The Hall–Kier alpha value is -0.730. The third kappa shape index (κ3) is 2.64. The number of methoxy groups -OCH3 is 1. The van der Waals surface area contributed by atoms with E-state index >= 15 is 0 Å². The summed E-state index contributed by atoms with van der Waals surface area (Å²) in [7, 11) is 1.69. The second-order valence-electron chi connectivity index (χ2n) is 4.49. The SMILES string of the molecule is COc1ccc(CC2(C)CC2N)cc1.Cl. The minimum Gasteiger partial charge on any atom is -0.497 e. The van der Waals surface area contributed by atoms with Crippen molar-refractivity contribution in [2.24, 2.45) is 11.1 Å². The molecule has 3 heteroatoms. The van der Waals surface area contributed by atoms with Gasteiger partial charge in [-0.25, -0.2) is 0 Å². The maximum Gasteiger partial charge on any atom is 0.118 e. The van der Waals surface area contributed by atoms with Gasteiger partial charge in [0.05, 0.1) is 7.11 Å². The lowest BCUT2D eigenvalue weighted by Gasteiger charge is -2.09. The molecule has 0 spiro atoms. The van der Waals surface area contributed by atoms with Crippen molar-refractivity contribution in [3.05, 3.63) is 29.8 Å². The molecule has 84 valence electrons. The van der Waals surface area contributed by atoms with E-state index in [0.29, 0.717) is 11.5 Å². The summed E-state index contributed by atoms with van der Waals surface area (Å²) in [5, 5.41) is 0. The molecule has 1 aliphatic rings. The predicted molar refractivity (Wildman–Crippen MR) is 64.6 cm³/mol. The van der Waals surface area contributed by atoms with Gasteiger partial charge in [0, 0.05) is 6.04 Å². The highest BCUT2D eigenvalue weighted by Gasteiger charge is 2.46. The van der Waals surface area contributed by atoms with E-state index in [9.17, 15) is 0 Å². The Bertz CT molecular complexity index is 325. The van der Waals surface area contributed by atoms with Gasteiger partial charge in [-0.3, -0.25) is 0 Å². The van der Waals surface area contributed by atoms with Crippen LogP contribution in [0.5, 0.6) is 5.75 Å². The third-order valence-electron chi connectivity index (χ3n) is 3.19. The van der Waals surface area contributed by atoms with Crippen LogP contribution < -0.4 is 10.5 Å². The van der Waals surface area contributed by atoms with Crippen molar-refractivity contribution in [2.45, 2.75) is 25.8 Å². The molecule has 2 atom stereocenters. The lowest BCUT2D eigenvalue weighted by Crippen LogP contribution is -2.12. The van der Waals surface area contributed by atoms with E-state index in [1.165, 1.54) is 5.56 Å². The molecule has 1 aromatic carbocycles. The molecule has 1 saturated carbocycles. The van der Waals surface area contributed by atoms with Crippen LogP contribution in [0.2, 0.25) is 0 Å². The van der Waals surface area contributed by atoms with E-state index in [2.05, 4.69) is 19.1 Å². The van der Waals surface area contributed by atoms with Crippen molar-refractivity contribution in [2.75, 3.05) is 7.11 Å². The van der Waals surface area contributed by atoms with Crippen molar-refractivity contribution < 1.29 is 4.74 Å². The summed E-state index contributed by atoms with van der Waals surface area (Å²) in [6.07, 6.45) is 2.23. The number of nitrogens with two attached hydrogens (primary N) is 1. The van der Waals surface area contributed by atoms with Crippen LogP contribution in [0.25, 0.3) is 0 Å². The van der Waals surface area contributed by atoms with E-state index in [0.717, 1.165) is 18.6 Å². The van der Waals surface area contributed by atoms with Crippen LogP contribution in [0.4, 0.5) is 0 Å². The van der Waals surface area contributed by atoms with Crippen molar-refractivity contribution in [3.8, 4) is 5.75 Å². The summed E-state index contributed by atoms with van der Waals surface area (Å²) in [4.78, 5) is 0. The quantitative estimate of drug-likeness (QED) is 0.861. The van der Waals surface area contributed by atoms with Crippen molar-refractivity contribution in [1.82, 2.24) is 0 Å². The highest BCUT2D eigenvalue weighted by Crippen LogP contribution is 2.46. The normalized spacial score (nSPS) is 28.1. The highest BCUT2D eigenvalue weighted by molar-refractivity contribution is 5.85. The van der Waals surface area contributed by atoms with Crippen molar-refractivity contribution in [1.29, 1.82) is 0 Å². The second-order valence-corrected chi connectivity index (χ2v) is 4.49. The Balaban J connectivity index is 0.00000112. The molecule has 0 aliphatic heterocycles. The Morgan fingerprint density at radius 2 is 1.93 bits per heavy atom. The highest BCUT2D eigenvalue weighted by atomic mass is 35.5. The van der Waals surface area contributed by atoms with Crippen LogP contribution in [-0.2, 0) is 6.42 Å². The van der Waals surface area contributed by atoms with E-state index in [-0.39, 0.29) is 12.4 Å². The minimum absolute atomic E-state index is 0. The molecule has 0 saturated heterocycles. The van der Waals surface area contributed by atoms with Gasteiger partial charge in [-0.15, -0.1) is 12.4 Å².